The number of nitrogen functional groups attached to an aromatic ring is 1. The van der Waals surface area contributed by atoms with E-state index in [1.54, 1.807) is 11.8 Å². The number of nitrogens with one attached hydrogen (secondary N) is 1. The zero-order valence-corrected chi connectivity index (χ0v) is 12.0. The predicted octanol–water partition coefficient (Wildman–Crippen LogP) is 3.02. The number of hydrogen-bond acceptors (Lipinski definition) is 5. The minimum atomic E-state index is 0.303. The van der Waals surface area contributed by atoms with E-state index in [0.717, 1.165) is 10.9 Å². The number of nitrogens with zero attached hydrogens (tertiary/aromatic N) is 2. The molecule has 3 N–H and O–H groups in total. The van der Waals surface area contributed by atoms with E-state index < -0.39 is 0 Å². The van der Waals surface area contributed by atoms with Gasteiger partial charge in [0.15, 0.2) is 0 Å². The summed E-state index contributed by atoms with van der Waals surface area (Å²) in [5.74, 6) is 7.86. The van der Waals surface area contributed by atoms with E-state index in [9.17, 15) is 0 Å². The molecule has 0 amide bonds. The largest absolute Gasteiger partial charge is 0.308 e. The van der Waals surface area contributed by atoms with Crippen molar-refractivity contribution >= 4 is 17.6 Å². The van der Waals surface area contributed by atoms with Crippen LogP contribution in [0.5, 0.6) is 0 Å². The third-order valence-electron chi connectivity index (χ3n) is 2.63. The first kappa shape index (κ1) is 14.3. The van der Waals surface area contributed by atoms with Gasteiger partial charge in [-0.3, -0.25) is 0 Å². The number of nitrogens with two attached hydrogens (primary N) is 1. The van der Waals surface area contributed by atoms with Crippen LogP contribution in [-0.2, 0) is 0 Å². The van der Waals surface area contributed by atoms with Crippen LogP contribution in [-0.4, -0.2) is 15.2 Å². The molecule has 0 aliphatic rings. The molecule has 0 bridgehead atoms. The molecule has 0 saturated heterocycles. The maximum absolute atomic E-state index is 5.43. The molecule has 1 aromatic heterocycles. The lowest BCUT2D eigenvalue weighted by Gasteiger charge is -2.16. The molecule has 0 aliphatic carbocycles. The number of thioether (sulfide) groups is 1. The van der Waals surface area contributed by atoms with Gasteiger partial charge in [0.25, 0.3) is 0 Å². The van der Waals surface area contributed by atoms with Gasteiger partial charge in [-0.05, 0) is 5.92 Å². The van der Waals surface area contributed by atoms with Crippen LogP contribution in [0, 0.1) is 5.92 Å². The second-order valence-electron chi connectivity index (χ2n) is 4.82. The number of aromatic nitrogens is 2. The first-order valence-corrected chi connectivity index (χ1v) is 6.84. The fourth-order valence-electron chi connectivity index (χ4n) is 1.16. The molecular weight excluding hydrogens is 232 g/mol. The van der Waals surface area contributed by atoms with E-state index in [0.29, 0.717) is 22.9 Å². The summed E-state index contributed by atoms with van der Waals surface area (Å²) in [6.45, 7) is 10.8. The zero-order chi connectivity index (χ0) is 13.0. The van der Waals surface area contributed by atoms with E-state index in [-0.39, 0.29) is 0 Å². The number of hydrogen-bond donors (Lipinski definition) is 2. The Morgan fingerprint density at radius 1 is 1.18 bits per heavy atom. The average Bonchev–Trinajstić information content (AvgIpc) is 2.28. The molecule has 96 valence electrons. The van der Waals surface area contributed by atoms with Crippen molar-refractivity contribution in [2.75, 3.05) is 5.43 Å². The Balaban J connectivity index is 2.94. The van der Waals surface area contributed by atoms with Gasteiger partial charge in [0.2, 0.25) is 0 Å². The Labute approximate surface area is 108 Å². The minimum absolute atomic E-state index is 0.303. The predicted molar refractivity (Wildman–Crippen MR) is 74.1 cm³/mol. The van der Waals surface area contributed by atoms with Crippen molar-refractivity contribution < 1.29 is 0 Å². The van der Waals surface area contributed by atoms with Crippen LogP contribution in [0.25, 0.3) is 0 Å². The molecule has 0 spiro atoms. The lowest BCUT2D eigenvalue weighted by Crippen LogP contribution is -2.12. The smallest absolute Gasteiger partial charge is 0.144 e. The molecular formula is C12H22N4S. The summed E-state index contributed by atoms with van der Waals surface area (Å²) in [5, 5.41) is 1.51. The second-order valence-corrected chi connectivity index (χ2v) is 6.21. The van der Waals surface area contributed by atoms with Crippen LogP contribution in [0.4, 0.5) is 5.82 Å². The highest BCUT2D eigenvalue weighted by molar-refractivity contribution is 7.99. The lowest BCUT2D eigenvalue weighted by atomic mass is 10.2. The molecule has 0 fully saturated rings. The maximum atomic E-state index is 5.43. The van der Waals surface area contributed by atoms with Gasteiger partial charge in [-0.2, -0.15) is 0 Å². The summed E-state index contributed by atoms with van der Waals surface area (Å²) in [5.41, 5.74) is 2.60. The summed E-state index contributed by atoms with van der Waals surface area (Å²) >= 11 is 1.77. The Hall–Kier alpha value is -0.810. The Morgan fingerprint density at radius 2 is 1.82 bits per heavy atom. The molecule has 0 aromatic carbocycles. The standard InChI is InChI=1S/C12H22N4S/c1-7(2)9(5)17-11-6-10(16-13)14-12(15-11)8(3)4/h6-9H,13H2,1-5H3,(H,14,15,16). The van der Waals surface area contributed by atoms with Gasteiger partial charge >= 0.3 is 0 Å². The van der Waals surface area contributed by atoms with Gasteiger partial charge < -0.3 is 5.43 Å². The average molecular weight is 254 g/mol. The van der Waals surface area contributed by atoms with Crippen LogP contribution in [0.15, 0.2) is 11.1 Å². The van der Waals surface area contributed by atoms with Gasteiger partial charge in [0.05, 0.1) is 0 Å². The molecule has 0 radical (unpaired) electrons. The van der Waals surface area contributed by atoms with Gasteiger partial charge in [0.1, 0.15) is 16.7 Å². The van der Waals surface area contributed by atoms with Crippen LogP contribution < -0.4 is 11.3 Å². The van der Waals surface area contributed by atoms with Gasteiger partial charge in [0, 0.05) is 17.2 Å². The van der Waals surface area contributed by atoms with Crippen molar-refractivity contribution in [3.05, 3.63) is 11.9 Å². The first-order valence-electron chi connectivity index (χ1n) is 5.96. The number of hydrazine groups is 1. The maximum Gasteiger partial charge on any atom is 0.144 e. The fourth-order valence-corrected chi connectivity index (χ4v) is 2.14. The van der Waals surface area contributed by atoms with Crippen molar-refractivity contribution in [1.29, 1.82) is 0 Å². The Kier molecular flexibility index (Phi) is 5.21. The normalized spacial score (nSPS) is 13.2. The summed E-state index contributed by atoms with van der Waals surface area (Å²) in [6, 6.07) is 1.90. The minimum Gasteiger partial charge on any atom is -0.308 e. The molecule has 0 saturated carbocycles. The van der Waals surface area contributed by atoms with Crippen molar-refractivity contribution in [3.8, 4) is 0 Å². The van der Waals surface area contributed by atoms with E-state index >= 15 is 0 Å². The first-order chi connectivity index (χ1) is 7.93. The van der Waals surface area contributed by atoms with Crippen molar-refractivity contribution in [3.63, 3.8) is 0 Å². The highest BCUT2D eigenvalue weighted by Crippen LogP contribution is 2.28. The van der Waals surface area contributed by atoms with Gasteiger partial charge in [-0.1, -0.05) is 34.6 Å². The van der Waals surface area contributed by atoms with E-state index in [1.807, 2.05) is 6.07 Å². The monoisotopic (exact) mass is 254 g/mol. The topological polar surface area (TPSA) is 63.8 Å². The molecule has 5 heteroatoms. The van der Waals surface area contributed by atoms with Crippen LogP contribution in [0.2, 0.25) is 0 Å². The fraction of sp³-hybridized carbons (Fsp3) is 0.667. The van der Waals surface area contributed by atoms with E-state index in [4.69, 9.17) is 5.84 Å². The molecule has 1 rings (SSSR count). The van der Waals surface area contributed by atoms with Crippen LogP contribution >= 0.6 is 11.8 Å². The third kappa shape index (κ3) is 4.16. The Morgan fingerprint density at radius 3 is 2.29 bits per heavy atom. The SMILES string of the molecule is CC(C)c1nc(NN)cc(SC(C)C(C)C)n1. The van der Waals surface area contributed by atoms with Gasteiger partial charge in [-0.25, -0.2) is 15.8 Å². The number of rotatable bonds is 5. The quantitative estimate of drug-likeness (QED) is 0.366. The van der Waals surface area contributed by atoms with E-state index in [1.165, 1.54) is 0 Å². The highest BCUT2D eigenvalue weighted by atomic mass is 32.2. The van der Waals surface area contributed by atoms with Crippen LogP contribution in [0.3, 0.4) is 0 Å². The summed E-state index contributed by atoms with van der Waals surface area (Å²) in [7, 11) is 0. The third-order valence-corrected chi connectivity index (χ3v) is 4.00. The summed E-state index contributed by atoms with van der Waals surface area (Å²) in [4.78, 5) is 8.90. The number of anilines is 1. The van der Waals surface area contributed by atoms with Gasteiger partial charge in [-0.15, -0.1) is 11.8 Å². The van der Waals surface area contributed by atoms with Crippen LogP contribution in [0.1, 0.15) is 46.4 Å². The van der Waals surface area contributed by atoms with Crippen molar-refractivity contribution in [1.82, 2.24) is 9.97 Å². The molecule has 0 aliphatic heterocycles. The second kappa shape index (κ2) is 6.21. The molecule has 1 unspecified atom stereocenters. The van der Waals surface area contributed by atoms with E-state index in [2.05, 4.69) is 50.0 Å². The molecule has 1 heterocycles. The summed E-state index contributed by atoms with van der Waals surface area (Å²) < 4.78 is 0. The molecule has 4 nitrogen and oxygen atoms in total. The summed E-state index contributed by atoms with van der Waals surface area (Å²) in [6.07, 6.45) is 0. The molecule has 17 heavy (non-hydrogen) atoms. The highest BCUT2D eigenvalue weighted by Gasteiger charge is 2.13. The zero-order valence-electron chi connectivity index (χ0n) is 11.2. The van der Waals surface area contributed by atoms with Crippen molar-refractivity contribution in [2.45, 2.75) is 50.8 Å². The molecule has 1 aromatic rings. The lowest BCUT2D eigenvalue weighted by molar-refractivity contribution is 0.640. The molecule has 1 atom stereocenters. The van der Waals surface area contributed by atoms with Crippen molar-refractivity contribution in [2.24, 2.45) is 11.8 Å². The Bertz CT molecular complexity index is 366.